The Labute approximate surface area is 105 Å². The van der Waals surface area contributed by atoms with Gasteiger partial charge in [0.15, 0.2) is 0 Å². The molecule has 0 heterocycles. The summed E-state index contributed by atoms with van der Waals surface area (Å²) in [7, 11) is -3.50. The Hall–Kier alpha value is -1.27. The predicted octanol–water partition coefficient (Wildman–Crippen LogP) is 1.20. The summed E-state index contributed by atoms with van der Waals surface area (Å²) < 4.78 is 23.0. The third-order valence-corrected chi connectivity index (χ3v) is 4.05. The van der Waals surface area contributed by atoms with Crippen molar-refractivity contribution in [3.8, 4) is 0 Å². The molecule has 0 aliphatic carbocycles. The van der Waals surface area contributed by atoms with Gasteiger partial charge in [-0.2, -0.15) is 3.82 Å². The van der Waals surface area contributed by atoms with Gasteiger partial charge in [-0.15, -0.1) is 0 Å². The number of amides is 1. The van der Waals surface area contributed by atoms with E-state index in [4.69, 9.17) is 17.5 Å². The third kappa shape index (κ3) is 3.34. The van der Waals surface area contributed by atoms with Crippen molar-refractivity contribution in [3.05, 3.63) is 29.8 Å². The van der Waals surface area contributed by atoms with Gasteiger partial charge in [0.2, 0.25) is 15.9 Å². The highest BCUT2D eigenvalue weighted by atomic mass is 35.5. The lowest BCUT2D eigenvalue weighted by atomic mass is 10.0. The van der Waals surface area contributed by atoms with Crippen molar-refractivity contribution < 1.29 is 13.2 Å². The molecule has 1 rings (SSSR count). The van der Waals surface area contributed by atoms with Crippen LogP contribution < -0.4 is 9.56 Å². The average Bonchev–Trinajstić information content (AvgIpc) is 2.26. The Bertz CT molecular complexity index is 513. The van der Waals surface area contributed by atoms with Crippen molar-refractivity contribution >= 4 is 33.4 Å². The number of sulfonamides is 1. The highest BCUT2D eigenvalue weighted by Gasteiger charge is 2.16. The Balaban J connectivity index is 3.00. The van der Waals surface area contributed by atoms with E-state index in [1.807, 2.05) is 0 Å². The molecule has 0 saturated carbocycles. The molecule has 0 aliphatic heterocycles. The summed E-state index contributed by atoms with van der Waals surface area (Å²) in [4.78, 5) is 11.0. The summed E-state index contributed by atoms with van der Waals surface area (Å²) in [5.41, 5.74) is 6.19. The molecule has 0 aliphatic rings. The second kappa shape index (κ2) is 4.93. The number of nitrogens with zero attached hydrogens (tertiary/aromatic N) is 1. The van der Waals surface area contributed by atoms with Gasteiger partial charge in [-0.05, 0) is 24.6 Å². The van der Waals surface area contributed by atoms with Crippen molar-refractivity contribution in [2.24, 2.45) is 5.73 Å². The van der Waals surface area contributed by atoms with Crippen LogP contribution in [-0.2, 0) is 14.8 Å². The van der Waals surface area contributed by atoms with Crippen LogP contribution in [0.25, 0.3) is 0 Å². The zero-order chi connectivity index (χ0) is 13.2. The van der Waals surface area contributed by atoms with Crippen molar-refractivity contribution in [1.29, 1.82) is 0 Å². The monoisotopic (exact) mass is 276 g/mol. The number of nitrogens with two attached hydrogens (primary N) is 1. The smallest absolute Gasteiger partial charge is 0.246 e. The molecule has 1 aromatic carbocycles. The van der Waals surface area contributed by atoms with E-state index < -0.39 is 21.8 Å². The van der Waals surface area contributed by atoms with Crippen LogP contribution in [0.15, 0.2) is 24.3 Å². The first-order valence-corrected chi connectivity index (χ1v) is 6.97. The summed E-state index contributed by atoms with van der Waals surface area (Å²) in [5.74, 6) is -0.866. The van der Waals surface area contributed by atoms with Gasteiger partial charge in [-0.1, -0.05) is 12.1 Å². The minimum atomic E-state index is -3.50. The molecule has 0 aromatic heterocycles. The Morgan fingerprint density at radius 1 is 1.35 bits per heavy atom. The average molecular weight is 277 g/mol. The molecular formula is C10H13ClN2O3S. The number of benzene rings is 1. The first-order chi connectivity index (χ1) is 7.73. The molecule has 0 spiro atoms. The van der Waals surface area contributed by atoms with Crippen LogP contribution in [-0.4, -0.2) is 20.6 Å². The lowest BCUT2D eigenvalue weighted by Crippen LogP contribution is -2.20. The van der Waals surface area contributed by atoms with Crippen molar-refractivity contribution in [2.75, 3.05) is 10.1 Å². The predicted molar refractivity (Wildman–Crippen MR) is 67.2 cm³/mol. The van der Waals surface area contributed by atoms with Gasteiger partial charge in [0.1, 0.15) is 0 Å². The molecule has 17 heavy (non-hydrogen) atoms. The molecule has 7 heteroatoms. The topological polar surface area (TPSA) is 80.5 Å². The maximum atomic E-state index is 11.2. The summed E-state index contributed by atoms with van der Waals surface area (Å²) in [6.45, 7) is 1.67. The standard InChI is InChI=1S/C10H13ClN2O3S/c1-7(10(12)14)8-3-5-9(6-4-8)13(11)17(2,15)16/h3-7H,1-2H3,(H2,12,14). The number of rotatable bonds is 4. The minimum absolute atomic E-state index is 0.314. The van der Waals surface area contributed by atoms with Crippen molar-refractivity contribution in [1.82, 2.24) is 0 Å². The van der Waals surface area contributed by atoms with Gasteiger partial charge >= 0.3 is 0 Å². The number of anilines is 1. The molecule has 0 fully saturated rings. The maximum Gasteiger partial charge on any atom is 0.246 e. The van der Waals surface area contributed by atoms with Crippen LogP contribution in [0, 0.1) is 0 Å². The van der Waals surface area contributed by atoms with E-state index in [1.54, 1.807) is 19.1 Å². The number of primary amides is 1. The van der Waals surface area contributed by atoms with E-state index in [-0.39, 0.29) is 0 Å². The zero-order valence-corrected chi connectivity index (χ0v) is 11.0. The maximum absolute atomic E-state index is 11.2. The lowest BCUT2D eigenvalue weighted by Gasteiger charge is -2.14. The van der Waals surface area contributed by atoms with Gasteiger partial charge in [-0.3, -0.25) is 4.79 Å². The van der Waals surface area contributed by atoms with Crippen LogP contribution in [0.2, 0.25) is 0 Å². The minimum Gasteiger partial charge on any atom is -0.369 e. The summed E-state index contributed by atoms with van der Waals surface area (Å²) >= 11 is 5.63. The fraction of sp³-hybridized carbons (Fsp3) is 0.300. The highest BCUT2D eigenvalue weighted by molar-refractivity contribution is 7.93. The van der Waals surface area contributed by atoms with Gasteiger partial charge < -0.3 is 5.73 Å². The molecule has 0 saturated heterocycles. The van der Waals surface area contributed by atoms with Crippen LogP contribution in [0.1, 0.15) is 18.4 Å². The van der Waals surface area contributed by atoms with E-state index >= 15 is 0 Å². The fourth-order valence-electron chi connectivity index (χ4n) is 1.24. The summed E-state index contributed by atoms with van der Waals surface area (Å²) in [5, 5.41) is 0. The molecule has 0 bridgehead atoms. The molecule has 2 N–H and O–H groups in total. The number of halogens is 1. The molecule has 5 nitrogen and oxygen atoms in total. The second-order valence-corrected chi connectivity index (χ2v) is 6.06. The number of carbonyl (C=O) groups is 1. The Kier molecular flexibility index (Phi) is 4.00. The summed E-state index contributed by atoms with van der Waals surface area (Å²) in [6, 6.07) is 6.27. The molecule has 1 amide bonds. The molecule has 1 unspecified atom stereocenters. The molecule has 1 atom stereocenters. The Morgan fingerprint density at radius 2 is 1.82 bits per heavy atom. The van der Waals surface area contributed by atoms with E-state index in [9.17, 15) is 13.2 Å². The zero-order valence-electron chi connectivity index (χ0n) is 9.42. The van der Waals surface area contributed by atoms with Crippen LogP contribution >= 0.6 is 11.8 Å². The Morgan fingerprint density at radius 3 is 2.18 bits per heavy atom. The third-order valence-electron chi connectivity index (χ3n) is 2.31. The van der Waals surface area contributed by atoms with E-state index in [0.29, 0.717) is 15.1 Å². The van der Waals surface area contributed by atoms with Crippen LogP contribution in [0.3, 0.4) is 0 Å². The fourth-order valence-corrected chi connectivity index (χ4v) is 1.85. The largest absolute Gasteiger partial charge is 0.369 e. The second-order valence-electron chi connectivity index (χ2n) is 3.69. The molecule has 0 radical (unpaired) electrons. The number of hydrogen-bond donors (Lipinski definition) is 1. The van der Waals surface area contributed by atoms with E-state index in [2.05, 4.69) is 0 Å². The van der Waals surface area contributed by atoms with E-state index in [0.717, 1.165) is 6.26 Å². The van der Waals surface area contributed by atoms with Crippen molar-refractivity contribution in [2.45, 2.75) is 12.8 Å². The van der Waals surface area contributed by atoms with E-state index in [1.165, 1.54) is 12.1 Å². The van der Waals surface area contributed by atoms with Gasteiger partial charge in [-0.25, -0.2) is 8.42 Å². The number of hydrogen-bond acceptors (Lipinski definition) is 3. The van der Waals surface area contributed by atoms with Gasteiger partial charge in [0.25, 0.3) is 0 Å². The molecular weight excluding hydrogens is 264 g/mol. The highest BCUT2D eigenvalue weighted by Crippen LogP contribution is 2.23. The lowest BCUT2D eigenvalue weighted by molar-refractivity contribution is -0.119. The first kappa shape index (κ1) is 13.8. The van der Waals surface area contributed by atoms with Crippen LogP contribution in [0.4, 0.5) is 5.69 Å². The van der Waals surface area contributed by atoms with Gasteiger partial charge in [0, 0.05) is 11.8 Å². The quantitative estimate of drug-likeness (QED) is 0.839. The van der Waals surface area contributed by atoms with Gasteiger partial charge in [0.05, 0.1) is 17.9 Å². The first-order valence-electron chi connectivity index (χ1n) is 4.79. The number of carbonyl (C=O) groups excluding carboxylic acids is 1. The van der Waals surface area contributed by atoms with Crippen molar-refractivity contribution in [3.63, 3.8) is 0 Å². The summed E-state index contributed by atoms with van der Waals surface area (Å²) in [6.07, 6.45) is 1.000. The SMILES string of the molecule is CC(C(N)=O)c1ccc(N(Cl)S(C)(=O)=O)cc1. The van der Waals surface area contributed by atoms with Crippen LogP contribution in [0.5, 0.6) is 0 Å². The molecule has 1 aromatic rings. The normalized spacial score (nSPS) is 13.1. The molecule has 94 valence electrons.